The summed E-state index contributed by atoms with van der Waals surface area (Å²) < 4.78 is 25.5. The molecule has 0 aliphatic heterocycles. The number of methoxy groups -OCH3 is 4. The zero-order valence-electron chi connectivity index (χ0n) is 33.8. The van der Waals surface area contributed by atoms with Gasteiger partial charge in [-0.1, -0.05) is 76.6 Å². The fourth-order valence-electron chi connectivity index (χ4n) is 7.98. The van der Waals surface area contributed by atoms with E-state index in [1.807, 2.05) is 22.7 Å². The number of ether oxygens (including phenoxy) is 4. The van der Waals surface area contributed by atoms with Crippen molar-refractivity contribution >= 4 is 42.8 Å². The summed E-state index contributed by atoms with van der Waals surface area (Å²) in [6.07, 6.45) is 12.0. The number of hydrogen-bond acceptors (Lipinski definition) is 6. The molecule has 7 rings (SSSR count). The maximum Gasteiger partial charge on any atom is 0.118 e. The summed E-state index contributed by atoms with van der Waals surface area (Å²) in [6.45, 7) is 4.61. The van der Waals surface area contributed by atoms with Gasteiger partial charge in [0.25, 0.3) is 0 Å². The molecular formula is C50H54O4S2. The van der Waals surface area contributed by atoms with E-state index in [2.05, 4.69) is 111 Å². The Balaban J connectivity index is 1.66. The van der Waals surface area contributed by atoms with Crippen molar-refractivity contribution in [2.24, 2.45) is 0 Å². The number of benzene rings is 5. The van der Waals surface area contributed by atoms with Crippen molar-refractivity contribution in [3.8, 4) is 66.1 Å². The van der Waals surface area contributed by atoms with Gasteiger partial charge in [-0.15, -0.1) is 22.7 Å². The van der Waals surface area contributed by atoms with Crippen LogP contribution in [0.3, 0.4) is 0 Å². The van der Waals surface area contributed by atoms with Gasteiger partial charge in [0.05, 0.1) is 28.4 Å². The van der Waals surface area contributed by atoms with Crippen LogP contribution in [0.4, 0.5) is 0 Å². The molecule has 4 nitrogen and oxygen atoms in total. The van der Waals surface area contributed by atoms with Gasteiger partial charge in [0.2, 0.25) is 0 Å². The smallest absolute Gasteiger partial charge is 0.118 e. The summed E-state index contributed by atoms with van der Waals surface area (Å²) >= 11 is 3.95. The van der Waals surface area contributed by atoms with E-state index in [-0.39, 0.29) is 0 Å². The zero-order chi connectivity index (χ0) is 39.0. The van der Waals surface area contributed by atoms with Crippen molar-refractivity contribution in [3.05, 3.63) is 108 Å². The normalized spacial score (nSPS) is 11.4. The molecule has 290 valence electrons. The van der Waals surface area contributed by atoms with Crippen LogP contribution in [0, 0.1) is 0 Å². The summed E-state index contributed by atoms with van der Waals surface area (Å²) in [5, 5.41) is 2.70. The highest BCUT2D eigenvalue weighted by Gasteiger charge is 2.29. The van der Waals surface area contributed by atoms with Crippen molar-refractivity contribution in [1.29, 1.82) is 0 Å². The molecule has 7 aromatic rings. The Kier molecular flexibility index (Phi) is 13.0. The lowest BCUT2D eigenvalue weighted by molar-refractivity contribution is 0.414. The zero-order valence-corrected chi connectivity index (χ0v) is 35.4. The second-order valence-corrected chi connectivity index (χ2v) is 16.6. The molecule has 2 heterocycles. The summed E-state index contributed by atoms with van der Waals surface area (Å²) in [4.78, 5) is 2.56. The van der Waals surface area contributed by atoms with Crippen LogP contribution in [0.2, 0.25) is 0 Å². The molecule has 0 unspecified atom stereocenters. The number of unbranched alkanes of at least 4 members (excludes halogenated alkanes) is 6. The molecule has 0 fully saturated rings. The Labute approximate surface area is 341 Å². The van der Waals surface area contributed by atoms with Crippen molar-refractivity contribution < 1.29 is 18.9 Å². The van der Waals surface area contributed by atoms with Crippen molar-refractivity contribution in [2.45, 2.75) is 78.1 Å². The third-order valence-electron chi connectivity index (χ3n) is 11.0. The minimum absolute atomic E-state index is 0.853. The van der Waals surface area contributed by atoms with Crippen LogP contribution in [-0.4, -0.2) is 28.4 Å². The van der Waals surface area contributed by atoms with Gasteiger partial charge in [-0.05, 0) is 132 Å². The van der Waals surface area contributed by atoms with Crippen LogP contribution >= 0.6 is 22.7 Å². The average molecular weight is 783 g/mol. The molecule has 0 radical (unpaired) electrons. The van der Waals surface area contributed by atoms with Crippen LogP contribution in [0.1, 0.15) is 76.3 Å². The minimum Gasteiger partial charge on any atom is -0.497 e. The van der Waals surface area contributed by atoms with Crippen LogP contribution in [0.25, 0.3) is 63.3 Å². The van der Waals surface area contributed by atoms with Gasteiger partial charge in [0, 0.05) is 41.1 Å². The predicted octanol–water partition coefficient (Wildman–Crippen LogP) is 15.1. The van der Waals surface area contributed by atoms with E-state index in [4.69, 9.17) is 18.9 Å². The Hall–Kier alpha value is -4.78. The van der Waals surface area contributed by atoms with E-state index in [9.17, 15) is 0 Å². The van der Waals surface area contributed by atoms with Gasteiger partial charge in [-0.2, -0.15) is 0 Å². The highest BCUT2D eigenvalue weighted by molar-refractivity contribution is 7.25. The Bertz CT molecular complexity index is 2180. The summed E-state index contributed by atoms with van der Waals surface area (Å²) in [5.74, 6) is 3.43. The summed E-state index contributed by atoms with van der Waals surface area (Å²) in [7, 11) is 6.94. The predicted molar refractivity (Wildman–Crippen MR) is 241 cm³/mol. The molecule has 0 amide bonds. The number of thiophene rings is 2. The van der Waals surface area contributed by atoms with Crippen LogP contribution in [-0.2, 0) is 12.8 Å². The summed E-state index contributed by atoms with van der Waals surface area (Å²) in [5.41, 5.74) is 10.4. The van der Waals surface area contributed by atoms with Gasteiger partial charge in [-0.25, -0.2) is 0 Å². The van der Waals surface area contributed by atoms with Crippen LogP contribution < -0.4 is 18.9 Å². The standard InChI is InChI=1S/C50H54O4S2/c1-7-9-11-13-15-41-42(16-14-12-10-8-2)50-46(44(34-19-27-38(52-4)28-20-34)48(56-50)36-23-31-40(54-6)32-24-36)45-43(33-17-25-37(51-3)26-18-33)47(55-49(41)45)35-21-29-39(53-5)30-22-35/h17-32H,7-16H2,1-6H3. The first-order valence-electron chi connectivity index (χ1n) is 20.2. The fourth-order valence-corrected chi connectivity index (χ4v) is 10.9. The molecule has 0 aliphatic rings. The third kappa shape index (κ3) is 8.05. The largest absolute Gasteiger partial charge is 0.497 e. The monoisotopic (exact) mass is 782 g/mol. The molecule has 0 atom stereocenters. The molecule has 0 bridgehead atoms. The first-order chi connectivity index (χ1) is 27.5. The van der Waals surface area contributed by atoms with E-state index in [1.165, 1.54) is 115 Å². The van der Waals surface area contributed by atoms with E-state index >= 15 is 0 Å². The fraction of sp³-hybridized carbons (Fsp3) is 0.320. The molecule has 0 saturated carbocycles. The van der Waals surface area contributed by atoms with Crippen LogP contribution in [0.5, 0.6) is 23.0 Å². The van der Waals surface area contributed by atoms with Gasteiger partial charge in [-0.3, -0.25) is 0 Å². The Morgan fingerprint density at radius 2 is 0.679 bits per heavy atom. The Morgan fingerprint density at radius 1 is 0.375 bits per heavy atom. The topological polar surface area (TPSA) is 36.9 Å². The maximum absolute atomic E-state index is 5.67. The molecule has 0 spiro atoms. The Morgan fingerprint density at radius 3 is 0.964 bits per heavy atom. The van der Waals surface area contributed by atoms with Gasteiger partial charge in [0.15, 0.2) is 0 Å². The van der Waals surface area contributed by atoms with Crippen molar-refractivity contribution in [2.75, 3.05) is 28.4 Å². The molecule has 0 saturated heterocycles. The quantitative estimate of drug-likeness (QED) is 0.0813. The number of fused-ring (bicyclic) bond motifs is 3. The molecule has 5 aromatic carbocycles. The third-order valence-corrected chi connectivity index (χ3v) is 13.6. The lowest BCUT2D eigenvalue weighted by Gasteiger charge is -2.16. The number of rotatable bonds is 18. The van der Waals surface area contributed by atoms with E-state index in [0.717, 1.165) is 35.8 Å². The van der Waals surface area contributed by atoms with Crippen LogP contribution in [0.15, 0.2) is 97.1 Å². The number of aryl methyl sites for hydroxylation is 2. The molecule has 0 N–H and O–H groups in total. The van der Waals surface area contributed by atoms with E-state index in [1.54, 1.807) is 39.6 Å². The highest BCUT2D eigenvalue weighted by Crippen LogP contribution is 2.56. The van der Waals surface area contributed by atoms with Gasteiger partial charge < -0.3 is 18.9 Å². The first kappa shape index (κ1) is 39.5. The summed E-state index contributed by atoms with van der Waals surface area (Å²) in [6, 6.07) is 34.6. The first-order valence-corrected chi connectivity index (χ1v) is 21.8. The second kappa shape index (κ2) is 18.4. The minimum atomic E-state index is 0.853. The lowest BCUT2D eigenvalue weighted by atomic mass is 9.87. The van der Waals surface area contributed by atoms with Crippen molar-refractivity contribution in [3.63, 3.8) is 0 Å². The lowest BCUT2D eigenvalue weighted by Crippen LogP contribution is -1.98. The molecule has 56 heavy (non-hydrogen) atoms. The van der Waals surface area contributed by atoms with E-state index < -0.39 is 0 Å². The average Bonchev–Trinajstić information content (AvgIpc) is 3.84. The number of hydrogen-bond donors (Lipinski definition) is 0. The highest BCUT2D eigenvalue weighted by atomic mass is 32.1. The second-order valence-electron chi connectivity index (χ2n) is 14.5. The molecule has 2 aromatic heterocycles. The molecule has 0 aliphatic carbocycles. The molecular weight excluding hydrogens is 729 g/mol. The van der Waals surface area contributed by atoms with E-state index in [0.29, 0.717) is 0 Å². The van der Waals surface area contributed by atoms with Gasteiger partial charge in [0.1, 0.15) is 23.0 Å². The van der Waals surface area contributed by atoms with Gasteiger partial charge >= 0.3 is 0 Å². The SMILES string of the molecule is CCCCCCc1c(CCCCCC)c2sc(-c3ccc(OC)cc3)c(-c3ccc(OC)cc3)c2c2c(-c3ccc(OC)cc3)c(-c3ccc(OC)cc3)sc12. The molecule has 6 heteroatoms. The van der Waals surface area contributed by atoms with Crippen molar-refractivity contribution in [1.82, 2.24) is 0 Å². The maximum atomic E-state index is 5.67.